The fraction of sp³-hybridized carbons (Fsp3) is 0.750. The molecule has 2 atom stereocenters. The van der Waals surface area contributed by atoms with Crippen LogP contribution in [-0.4, -0.2) is 53.0 Å². The van der Waals surface area contributed by atoms with Crippen molar-refractivity contribution in [3.63, 3.8) is 0 Å². The van der Waals surface area contributed by atoms with Crippen LogP contribution in [0.4, 0.5) is 0 Å². The Bertz CT molecular complexity index is 173. The third-order valence-corrected chi connectivity index (χ3v) is 2.11. The number of epoxide rings is 1. The van der Waals surface area contributed by atoms with Crippen molar-refractivity contribution >= 4 is 0 Å². The SMILES string of the molecule is C=CC1OC1NC(CO)(CO)CO. The van der Waals surface area contributed by atoms with E-state index in [0.29, 0.717) is 0 Å². The number of hydrogen-bond donors (Lipinski definition) is 4. The van der Waals surface area contributed by atoms with E-state index in [1.165, 1.54) is 0 Å². The molecule has 1 aliphatic rings. The first-order valence-corrected chi connectivity index (χ1v) is 4.09. The molecule has 0 aromatic heterocycles. The van der Waals surface area contributed by atoms with Crippen LogP contribution in [0.2, 0.25) is 0 Å². The number of hydrogen-bond acceptors (Lipinski definition) is 5. The molecule has 1 fully saturated rings. The lowest BCUT2D eigenvalue weighted by Gasteiger charge is -2.27. The van der Waals surface area contributed by atoms with Gasteiger partial charge in [0, 0.05) is 0 Å². The van der Waals surface area contributed by atoms with Crippen molar-refractivity contribution in [2.24, 2.45) is 0 Å². The van der Waals surface area contributed by atoms with Gasteiger partial charge >= 0.3 is 0 Å². The van der Waals surface area contributed by atoms with Crippen LogP contribution in [0.3, 0.4) is 0 Å². The van der Waals surface area contributed by atoms with Gasteiger partial charge in [0.2, 0.25) is 0 Å². The molecule has 0 saturated carbocycles. The lowest BCUT2D eigenvalue weighted by atomic mass is 10.0. The average molecular weight is 189 g/mol. The van der Waals surface area contributed by atoms with E-state index < -0.39 is 5.54 Å². The summed E-state index contributed by atoms with van der Waals surface area (Å²) in [6.07, 6.45) is 1.27. The predicted molar refractivity (Wildman–Crippen MR) is 46.0 cm³/mol. The third-order valence-electron chi connectivity index (χ3n) is 2.11. The minimum absolute atomic E-state index is 0.0935. The molecule has 0 amide bonds. The van der Waals surface area contributed by atoms with Crippen molar-refractivity contribution in [2.75, 3.05) is 19.8 Å². The minimum atomic E-state index is -1.07. The molecule has 76 valence electrons. The van der Waals surface area contributed by atoms with Gasteiger partial charge in [0.1, 0.15) is 12.3 Å². The second kappa shape index (κ2) is 4.17. The summed E-state index contributed by atoms with van der Waals surface area (Å²) in [4.78, 5) is 0. The Morgan fingerprint density at radius 1 is 1.31 bits per heavy atom. The Labute approximate surface area is 76.6 Å². The molecule has 2 unspecified atom stereocenters. The smallest absolute Gasteiger partial charge is 0.139 e. The van der Waals surface area contributed by atoms with Crippen molar-refractivity contribution < 1.29 is 20.1 Å². The fourth-order valence-electron chi connectivity index (χ4n) is 1.01. The molecule has 1 aliphatic heterocycles. The zero-order valence-electron chi connectivity index (χ0n) is 7.31. The van der Waals surface area contributed by atoms with Crippen molar-refractivity contribution in [3.8, 4) is 0 Å². The van der Waals surface area contributed by atoms with E-state index in [2.05, 4.69) is 11.9 Å². The van der Waals surface area contributed by atoms with E-state index >= 15 is 0 Å². The zero-order chi connectivity index (χ0) is 9.90. The minimum Gasteiger partial charge on any atom is -0.394 e. The lowest BCUT2D eigenvalue weighted by molar-refractivity contribution is 0.0337. The number of rotatable bonds is 6. The molecule has 0 bridgehead atoms. The van der Waals surface area contributed by atoms with E-state index in [1.54, 1.807) is 6.08 Å². The summed E-state index contributed by atoms with van der Waals surface area (Å²) in [5, 5.41) is 29.7. The largest absolute Gasteiger partial charge is 0.394 e. The van der Waals surface area contributed by atoms with Gasteiger partial charge in [-0.25, -0.2) is 0 Å². The molecule has 0 spiro atoms. The molecule has 1 heterocycles. The van der Waals surface area contributed by atoms with Gasteiger partial charge in [-0.1, -0.05) is 6.08 Å². The second-order valence-electron chi connectivity index (χ2n) is 3.16. The summed E-state index contributed by atoms with van der Waals surface area (Å²) in [6, 6.07) is 0. The Balaban J connectivity index is 2.43. The number of aliphatic hydroxyl groups excluding tert-OH is 3. The van der Waals surface area contributed by atoms with Gasteiger partial charge < -0.3 is 20.1 Å². The highest BCUT2D eigenvalue weighted by molar-refractivity contribution is 5.01. The van der Waals surface area contributed by atoms with Crippen LogP contribution in [0, 0.1) is 0 Å². The van der Waals surface area contributed by atoms with E-state index in [9.17, 15) is 0 Å². The molecular weight excluding hydrogens is 174 g/mol. The van der Waals surface area contributed by atoms with Crippen LogP contribution < -0.4 is 5.32 Å². The number of nitrogens with one attached hydrogen (secondary N) is 1. The summed E-state index contributed by atoms with van der Waals surface area (Å²) < 4.78 is 5.06. The highest BCUT2D eigenvalue weighted by atomic mass is 16.6. The van der Waals surface area contributed by atoms with Gasteiger partial charge in [0.15, 0.2) is 0 Å². The molecule has 4 N–H and O–H groups in total. The van der Waals surface area contributed by atoms with E-state index in [4.69, 9.17) is 20.1 Å². The van der Waals surface area contributed by atoms with Crippen LogP contribution in [0.1, 0.15) is 0 Å². The van der Waals surface area contributed by atoms with Gasteiger partial charge in [-0.15, -0.1) is 6.58 Å². The third kappa shape index (κ3) is 2.26. The Hall–Kier alpha value is -0.460. The Kier molecular flexibility index (Phi) is 3.40. The maximum atomic E-state index is 8.95. The van der Waals surface area contributed by atoms with Gasteiger partial charge in [-0.3, -0.25) is 5.32 Å². The predicted octanol–water partition coefficient (Wildman–Crippen LogP) is -1.80. The molecule has 1 rings (SSSR count). The van der Waals surface area contributed by atoms with Crippen molar-refractivity contribution in [3.05, 3.63) is 12.7 Å². The number of ether oxygens (including phenoxy) is 1. The fourth-order valence-corrected chi connectivity index (χ4v) is 1.01. The Morgan fingerprint density at radius 2 is 1.85 bits per heavy atom. The molecule has 0 aliphatic carbocycles. The maximum absolute atomic E-state index is 8.95. The number of aliphatic hydroxyl groups is 3. The lowest BCUT2D eigenvalue weighted by Crippen LogP contribution is -2.56. The first kappa shape index (κ1) is 10.6. The van der Waals surface area contributed by atoms with Gasteiger partial charge in [-0.2, -0.15) is 0 Å². The van der Waals surface area contributed by atoms with Gasteiger partial charge in [0.05, 0.1) is 25.4 Å². The quantitative estimate of drug-likeness (QED) is 0.293. The highest BCUT2D eigenvalue weighted by Gasteiger charge is 2.42. The van der Waals surface area contributed by atoms with Crippen molar-refractivity contribution in [2.45, 2.75) is 17.9 Å². The average Bonchev–Trinajstić information content (AvgIpc) is 2.93. The molecule has 13 heavy (non-hydrogen) atoms. The van der Waals surface area contributed by atoms with E-state index in [-0.39, 0.29) is 32.2 Å². The first-order valence-electron chi connectivity index (χ1n) is 4.09. The first-order chi connectivity index (χ1) is 6.21. The standard InChI is InChI=1S/C8H15NO4/c1-2-6-7(13-6)9-8(3-10,4-11)5-12/h2,6-7,9-12H,1,3-5H2. The van der Waals surface area contributed by atoms with Crippen LogP contribution in [0.5, 0.6) is 0 Å². The maximum Gasteiger partial charge on any atom is 0.139 e. The molecule has 5 heteroatoms. The molecule has 0 aromatic rings. The summed E-state index contributed by atoms with van der Waals surface area (Å²) in [5.74, 6) is 0. The molecule has 0 aromatic carbocycles. The summed E-state index contributed by atoms with van der Waals surface area (Å²) >= 11 is 0. The van der Waals surface area contributed by atoms with Gasteiger partial charge in [0.25, 0.3) is 0 Å². The molecular formula is C8H15NO4. The monoisotopic (exact) mass is 189 g/mol. The van der Waals surface area contributed by atoms with Crippen LogP contribution in [-0.2, 0) is 4.74 Å². The van der Waals surface area contributed by atoms with Crippen molar-refractivity contribution in [1.82, 2.24) is 5.32 Å². The normalized spacial score (nSPS) is 27.3. The molecule has 0 radical (unpaired) electrons. The van der Waals surface area contributed by atoms with Crippen LogP contribution in [0.15, 0.2) is 12.7 Å². The summed E-state index contributed by atoms with van der Waals surface area (Å²) in [7, 11) is 0. The van der Waals surface area contributed by atoms with E-state index in [1.807, 2.05) is 0 Å². The van der Waals surface area contributed by atoms with Crippen LogP contribution in [0.25, 0.3) is 0 Å². The van der Waals surface area contributed by atoms with Crippen LogP contribution >= 0.6 is 0 Å². The topological polar surface area (TPSA) is 85.2 Å². The summed E-state index contributed by atoms with van der Waals surface area (Å²) in [6.45, 7) is 2.50. The Morgan fingerprint density at radius 3 is 2.15 bits per heavy atom. The molecule has 1 saturated heterocycles. The molecule has 5 nitrogen and oxygen atoms in total. The van der Waals surface area contributed by atoms with Gasteiger partial charge in [-0.05, 0) is 0 Å². The second-order valence-corrected chi connectivity index (χ2v) is 3.16. The van der Waals surface area contributed by atoms with E-state index in [0.717, 1.165) is 0 Å². The highest BCUT2D eigenvalue weighted by Crippen LogP contribution is 2.22. The summed E-state index contributed by atoms with van der Waals surface area (Å²) in [5.41, 5.74) is -1.07. The van der Waals surface area contributed by atoms with Crippen molar-refractivity contribution in [1.29, 1.82) is 0 Å². The zero-order valence-corrected chi connectivity index (χ0v) is 7.31.